The van der Waals surface area contributed by atoms with E-state index in [4.69, 9.17) is 11.0 Å². The first kappa shape index (κ1) is 11.5. The van der Waals surface area contributed by atoms with Gasteiger partial charge in [-0.25, -0.2) is 4.98 Å². The van der Waals surface area contributed by atoms with Crippen LogP contribution < -0.4 is 5.73 Å². The Morgan fingerprint density at radius 2 is 2.00 bits per heavy atom. The molecule has 0 aliphatic carbocycles. The molecule has 1 aromatic carbocycles. The van der Waals surface area contributed by atoms with Crippen LogP contribution >= 0.6 is 11.8 Å². The van der Waals surface area contributed by atoms with Gasteiger partial charge in [0, 0.05) is 22.5 Å². The van der Waals surface area contributed by atoms with Gasteiger partial charge in [-0.3, -0.25) is 0 Å². The van der Waals surface area contributed by atoms with Gasteiger partial charge in [0.1, 0.15) is 11.8 Å². The van der Waals surface area contributed by atoms with Gasteiger partial charge in [0.25, 0.3) is 0 Å². The zero-order valence-corrected chi connectivity index (χ0v) is 9.95. The van der Waals surface area contributed by atoms with E-state index in [9.17, 15) is 0 Å². The number of nitrogens with two attached hydrogens (primary N) is 1. The highest BCUT2D eigenvalue weighted by Gasteiger charge is 1.98. The Morgan fingerprint density at radius 1 is 1.24 bits per heavy atom. The van der Waals surface area contributed by atoms with Crippen molar-refractivity contribution in [2.24, 2.45) is 0 Å². The molecule has 0 aliphatic heterocycles. The summed E-state index contributed by atoms with van der Waals surface area (Å²) in [5.41, 5.74) is 7.94. The van der Waals surface area contributed by atoms with Crippen molar-refractivity contribution in [2.45, 2.75) is 10.6 Å². The first-order valence-electron chi connectivity index (χ1n) is 5.11. The van der Waals surface area contributed by atoms with Crippen molar-refractivity contribution in [1.82, 2.24) is 4.98 Å². The van der Waals surface area contributed by atoms with Gasteiger partial charge in [-0.1, -0.05) is 0 Å². The molecule has 0 atom stereocenters. The van der Waals surface area contributed by atoms with Gasteiger partial charge in [-0.05, 0) is 42.0 Å². The quantitative estimate of drug-likeness (QED) is 0.663. The van der Waals surface area contributed by atoms with Gasteiger partial charge in [-0.2, -0.15) is 5.26 Å². The molecule has 0 spiro atoms. The molecule has 1 aromatic heterocycles. The van der Waals surface area contributed by atoms with Crippen LogP contribution in [-0.2, 0) is 5.75 Å². The summed E-state index contributed by atoms with van der Waals surface area (Å²) >= 11 is 1.71. The molecule has 0 amide bonds. The van der Waals surface area contributed by atoms with Crippen LogP contribution in [0.3, 0.4) is 0 Å². The lowest BCUT2D eigenvalue weighted by molar-refractivity contribution is 1.22. The molecule has 3 nitrogen and oxygen atoms in total. The highest BCUT2D eigenvalue weighted by atomic mass is 32.2. The molecular weight excluding hydrogens is 230 g/mol. The number of nitrogen functional groups attached to an aromatic ring is 1. The Bertz CT molecular complexity index is 543. The number of nitrogens with zero attached hydrogens (tertiary/aromatic N) is 2. The summed E-state index contributed by atoms with van der Waals surface area (Å²) in [6.45, 7) is 0. The van der Waals surface area contributed by atoms with Crippen molar-refractivity contribution >= 4 is 17.4 Å². The van der Waals surface area contributed by atoms with E-state index in [1.807, 2.05) is 42.5 Å². The van der Waals surface area contributed by atoms with Gasteiger partial charge in [0.15, 0.2) is 0 Å². The molecule has 0 saturated heterocycles. The summed E-state index contributed by atoms with van der Waals surface area (Å²) in [7, 11) is 0. The first-order chi connectivity index (χ1) is 8.28. The summed E-state index contributed by atoms with van der Waals surface area (Å²) in [6, 6.07) is 13.5. The second-order valence-electron chi connectivity index (χ2n) is 3.52. The van der Waals surface area contributed by atoms with Crippen LogP contribution in [0.25, 0.3) is 0 Å². The molecule has 2 aromatic rings. The van der Waals surface area contributed by atoms with Crippen LogP contribution in [0.5, 0.6) is 0 Å². The molecular formula is C13H11N3S. The van der Waals surface area contributed by atoms with Gasteiger partial charge < -0.3 is 5.73 Å². The number of thioether (sulfide) groups is 1. The maximum Gasteiger partial charge on any atom is 0.140 e. The minimum Gasteiger partial charge on any atom is -0.399 e. The number of anilines is 1. The maximum atomic E-state index is 8.74. The second kappa shape index (κ2) is 5.37. The Balaban J connectivity index is 2.02. The third-order valence-electron chi connectivity index (χ3n) is 2.22. The fraction of sp³-hybridized carbons (Fsp3) is 0.0769. The molecule has 0 fully saturated rings. The van der Waals surface area contributed by atoms with Gasteiger partial charge in [-0.15, -0.1) is 11.8 Å². The maximum absolute atomic E-state index is 8.74. The fourth-order valence-electron chi connectivity index (χ4n) is 1.36. The smallest absolute Gasteiger partial charge is 0.140 e. The van der Waals surface area contributed by atoms with Crippen LogP contribution in [0.4, 0.5) is 5.69 Å². The standard InChI is InChI=1S/C13H11N3S/c14-8-12-7-10(5-6-16-12)9-17-13-3-1-11(15)2-4-13/h1-7H,9,15H2. The monoisotopic (exact) mass is 241 g/mol. The number of hydrogen-bond donors (Lipinski definition) is 1. The Kier molecular flexibility index (Phi) is 3.63. The van der Waals surface area contributed by atoms with E-state index in [1.54, 1.807) is 18.0 Å². The van der Waals surface area contributed by atoms with Crippen LogP contribution in [0.1, 0.15) is 11.3 Å². The van der Waals surface area contributed by atoms with E-state index in [2.05, 4.69) is 4.98 Å². The molecule has 17 heavy (non-hydrogen) atoms. The Hall–Kier alpha value is -1.99. The summed E-state index contributed by atoms with van der Waals surface area (Å²) in [6.07, 6.45) is 1.66. The molecule has 1 heterocycles. The van der Waals surface area contributed by atoms with Crippen molar-refractivity contribution in [3.8, 4) is 6.07 Å². The van der Waals surface area contributed by atoms with E-state index >= 15 is 0 Å². The molecule has 0 unspecified atom stereocenters. The Labute approximate surface area is 104 Å². The molecule has 0 bridgehead atoms. The predicted octanol–water partition coefficient (Wildman–Crippen LogP) is 2.83. The normalized spacial score (nSPS) is 9.82. The minimum atomic E-state index is 0.459. The number of aromatic nitrogens is 1. The van der Waals surface area contributed by atoms with Gasteiger partial charge in [0.05, 0.1) is 0 Å². The first-order valence-corrected chi connectivity index (χ1v) is 6.10. The van der Waals surface area contributed by atoms with E-state index in [0.717, 1.165) is 21.9 Å². The Morgan fingerprint density at radius 3 is 2.71 bits per heavy atom. The van der Waals surface area contributed by atoms with Crippen LogP contribution in [0, 0.1) is 11.3 Å². The number of hydrogen-bond acceptors (Lipinski definition) is 4. The summed E-state index contributed by atoms with van der Waals surface area (Å²) in [5, 5.41) is 8.74. The van der Waals surface area contributed by atoms with Crippen LogP contribution in [-0.4, -0.2) is 4.98 Å². The molecule has 2 rings (SSSR count). The highest BCUT2D eigenvalue weighted by Crippen LogP contribution is 2.23. The zero-order valence-electron chi connectivity index (χ0n) is 9.13. The molecule has 0 saturated carbocycles. The molecule has 4 heteroatoms. The van der Waals surface area contributed by atoms with Crippen molar-refractivity contribution in [2.75, 3.05) is 5.73 Å². The van der Waals surface area contributed by atoms with E-state index in [-0.39, 0.29) is 0 Å². The second-order valence-corrected chi connectivity index (χ2v) is 4.57. The van der Waals surface area contributed by atoms with Gasteiger partial charge in [0.2, 0.25) is 0 Å². The van der Waals surface area contributed by atoms with Crippen molar-refractivity contribution in [3.63, 3.8) is 0 Å². The zero-order chi connectivity index (χ0) is 12.1. The van der Waals surface area contributed by atoms with Crippen LogP contribution in [0.15, 0.2) is 47.5 Å². The average Bonchev–Trinajstić information content (AvgIpc) is 2.38. The van der Waals surface area contributed by atoms with Crippen molar-refractivity contribution < 1.29 is 0 Å². The molecule has 0 radical (unpaired) electrons. The highest BCUT2D eigenvalue weighted by molar-refractivity contribution is 7.98. The third kappa shape index (κ3) is 3.23. The van der Waals surface area contributed by atoms with Crippen LogP contribution in [0.2, 0.25) is 0 Å². The van der Waals surface area contributed by atoms with E-state index < -0.39 is 0 Å². The van der Waals surface area contributed by atoms with E-state index in [1.165, 1.54) is 0 Å². The molecule has 0 aliphatic rings. The largest absolute Gasteiger partial charge is 0.399 e. The lowest BCUT2D eigenvalue weighted by Gasteiger charge is -2.02. The SMILES string of the molecule is N#Cc1cc(CSc2ccc(N)cc2)ccn1. The molecule has 84 valence electrons. The van der Waals surface area contributed by atoms with E-state index in [0.29, 0.717) is 5.69 Å². The lowest BCUT2D eigenvalue weighted by atomic mass is 10.2. The fourth-order valence-corrected chi connectivity index (χ4v) is 2.20. The lowest BCUT2D eigenvalue weighted by Crippen LogP contribution is -1.87. The summed E-state index contributed by atoms with van der Waals surface area (Å²) in [5.74, 6) is 0.821. The third-order valence-corrected chi connectivity index (χ3v) is 3.31. The summed E-state index contributed by atoms with van der Waals surface area (Å²) < 4.78 is 0. The summed E-state index contributed by atoms with van der Waals surface area (Å²) in [4.78, 5) is 5.10. The molecule has 2 N–H and O–H groups in total. The minimum absolute atomic E-state index is 0.459. The number of nitriles is 1. The predicted molar refractivity (Wildman–Crippen MR) is 69.4 cm³/mol. The number of benzene rings is 1. The van der Waals surface area contributed by atoms with Gasteiger partial charge >= 0.3 is 0 Å². The number of rotatable bonds is 3. The number of pyridine rings is 1. The van der Waals surface area contributed by atoms with Crippen molar-refractivity contribution in [3.05, 3.63) is 53.9 Å². The average molecular weight is 241 g/mol. The topological polar surface area (TPSA) is 62.7 Å². The van der Waals surface area contributed by atoms with Crippen molar-refractivity contribution in [1.29, 1.82) is 5.26 Å².